The molecule has 1 fully saturated rings. The smallest absolute Gasteiger partial charge is 0.219 e. The van der Waals surface area contributed by atoms with Crippen molar-refractivity contribution in [1.29, 1.82) is 0 Å². The summed E-state index contributed by atoms with van der Waals surface area (Å²) >= 11 is 0. The molecule has 1 aromatic rings. The van der Waals surface area contributed by atoms with Crippen molar-refractivity contribution in [3.63, 3.8) is 0 Å². The van der Waals surface area contributed by atoms with Crippen LogP contribution in [0, 0.1) is 11.6 Å². The van der Waals surface area contributed by atoms with E-state index in [2.05, 4.69) is 0 Å². The van der Waals surface area contributed by atoms with E-state index < -0.39 is 26.9 Å². The van der Waals surface area contributed by atoms with E-state index in [1.54, 1.807) is 13.0 Å². The number of halogens is 2. The van der Waals surface area contributed by atoms with Gasteiger partial charge < -0.3 is 4.74 Å². The highest BCUT2D eigenvalue weighted by Gasteiger charge is 2.40. The lowest BCUT2D eigenvalue weighted by molar-refractivity contribution is 0.125. The Balaban J connectivity index is 1.81. The second-order valence-electron chi connectivity index (χ2n) is 5.88. The van der Waals surface area contributed by atoms with Crippen molar-refractivity contribution in [3.05, 3.63) is 41.5 Å². The summed E-state index contributed by atoms with van der Waals surface area (Å²) in [5.41, 5.74) is 0.463. The number of rotatable bonds is 3. The molecule has 0 aliphatic carbocycles. The molecule has 126 valence electrons. The number of hydrogen-bond acceptors (Lipinski definition) is 3. The lowest BCUT2D eigenvalue weighted by Gasteiger charge is -2.29. The summed E-state index contributed by atoms with van der Waals surface area (Å²) in [6, 6.07) is 3.73. The lowest BCUT2D eigenvalue weighted by atomic mass is 9.99. The summed E-state index contributed by atoms with van der Waals surface area (Å²) in [7, 11) is -3.46. The van der Waals surface area contributed by atoms with E-state index in [1.165, 1.54) is 22.5 Å². The molecule has 4 nitrogen and oxygen atoms in total. The molecule has 0 unspecified atom stereocenters. The van der Waals surface area contributed by atoms with Crippen LogP contribution in [0.1, 0.15) is 25.3 Å². The molecule has 1 saturated heterocycles. The van der Waals surface area contributed by atoms with Crippen LogP contribution in [0.15, 0.2) is 24.3 Å². The van der Waals surface area contributed by atoms with Gasteiger partial charge >= 0.3 is 0 Å². The third-order valence-electron chi connectivity index (χ3n) is 4.50. The SMILES string of the molecule is C[C@@H]1OCC[C@@H]1S(=O)(=O)N1CC=C(c2c(F)cccc2F)CC1. The fourth-order valence-corrected chi connectivity index (χ4v) is 5.18. The molecular formula is C16H19F2NO3S. The van der Waals surface area contributed by atoms with Crippen LogP contribution in [-0.2, 0) is 14.8 Å². The van der Waals surface area contributed by atoms with Crippen LogP contribution < -0.4 is 0 Å². The Bertz CT molecular complexity index is 713. The zero-order valence-corrected chi connectivity index (χ0v) is 13.7. The Morgan fingerprint density at radius 3 is 2.48 bits per heavy atom. The van der Waals surface area contributed by atoms with Crippen molar-refractivity contribution >= 4 is 15.6 Å². The maximum atomic E-state index is 13.8. The molecule has 0 aromatic heterocycles. The largest absolute Gasteiger partial charge is 0.377 e. The Morgan fingerprint density at radius 1 is 1.26 bits per heavy atom. The number of benzene rings is 1. The van der Waals surface area contributed by atoms with Gasteiger partial charge in [0.1, 0.15) is 16.9 Å². The molecule has 7 heteroatoms. The maximum Gasteiger partial charge on any atom is 0.219 e. The average molecular weight is 343 g/mol. The van der Waals surface area contributed by atoms with Crippen molar-refractivity contribution in [2.75, 3.05) is 19.7 Å². The molecule has 1 aromatic carbocycles. The first-order chi connectivity index (χ1) is 10.9. The Hall–Kier alpha value is -1.31. The van der Waals surface area contributed by atoms with Gasteiger partial charge in [0.2, 0.25) is 10.0 Å². The highest BCUT2D eigenvalue weighted by molar-refractivity contribution is 7.89. The predicted octanol–water partition coefficient (Wildman–Crippen LogP) is 2.56. The van der Waals surface area contributed by atoms with E-state index in [-0.39, 0.29) is 24.8 Å². The van der Waals surface area contributed by atoms with Crippen LogP contribution in [0.4, 0.5) is 8.78 Å². The minimum Gasteiger partial charge on any atom is -0.377 e. The van der Waals surface area contributed by atoms with Gasteiger partial charge in [-0.25, -0.2) is 17.2 Å². The highest BCUT2D eigenvalue weighted by Crippen LogP contribution is 2.30. The van der Waals surface area contributed by atoms with Crippen LogP contribution >= 0.6 is 0 Å². The Labute approximate surface area is 134 Å². The minimum absolute atomic E-state index is 0.0536. The second-order valence-corrected chi connectivity index (χ2v) is 8.03. The van der Waals surface area contributed by atoms with Crippen LogP contribution in [-0.4, -0.2) is 43.8 Å². The average Bonchev–Trinajstić information content (AvgIpc) is 2.94. The van der Waals surface area contributed by atoms with Crippen LogP contribution in [0.5, 0.6) is 0 Å². The third kappa shape index (κ3) is 3.05. The normalized spacial score (nSPS) is 26.3. The molecule has 23 heavy (non-hydrogen) atoms. The summed E-state index contributed by atoms with van der Waals surface area (Å²) < 4.78 is 59.7. The molecule has 0 radical (unpaired) electrons. The lowest BCUT2D eigenvalue weighted by Crippen LogP contribution is -2.43. The van der Waals surface area contributed by atoms with Crippen molar-refractivity contribution in [2.24, 2.45) is 0 Å². The summed E-state index contributed by atoms with van der Waals surface area (Å²) in [6.45, 7) is 2.56. The molecule has 2 atom stereocenters. The second kappa shape index (κ2) is 6.30. The number of hydrogen-bond donors (Lipinski definition) is 0. The molecular weight excluding hydrogens is 324 g/mol. The van der Waals surface area contributed by atoms with Crippen molar-refractivity contribution in [1.82, 2.24) is 4.31 Å². The van der Waals surface area contributed by atoms with E-state index in [9.17, 15) is 17.2 Å². The van der Waals surface area contributed by atoms with Crippen molar-refractivity contribution < 1.29 is 21.9 Å². The quantitative estimate of drug-likeness (QED) is 0.847. The fourth-order valence-electron chi connectivity index (χ4n) is 3.21. The number of ether oxygens (including phenoxy) is 1. The van der Waals surface area contributed by atoms with Crippen LogP contribution in [0.2, 0.25) is 0 Å². The van der Waals surface area contributed by atoms with Gasteiger partial charge in [-0.3, -0.25) is 0 Å². The summed E-state index contributed by atoms with van der Waals surface area (Å²) in [5, 5.41) is -0.539. The van der Waals surface area contributed by atoms with Gasteiger partial charge in [-0.15, -0.1) is 0 Å². The van der Waals surface area contributed by atoms with Crippen LogP contribution in [0.3, 0.4) is 0 Å². The molecule has 0 bridgehead atoms. The maximum absolute atomic E-state index is 13.8. The number of sulfonamides is 1. The van der Waals surface area contributed by atoms with Crippen molar-refractivity contribution in [2.45, 2.75) is 31.1 Å². The molecule has 2 aliphatic rings. The zero-order chi connectivity index (χ0) is 16.6. The zero-order valence-electron chi connectivity index (χ0n) is 12.8. The van der Waals surface area contributed by atoms with Gasteiger partial charge in [0.25, 0.3) is 0 Å². The molecule has 0 saturated carbocycles. The fraction of sp³-hybridized carbons (Fsp3) is 0.500. The Kier molecular flexibility index (Phi) is 4.53. The minimum atomic E-state index is -3.46. The van der Waals surface area contributed by atoms with Gasteiger partial charge in [-0.2, -0.15) is 4.31 Å². The monoisotopic (exact) mass is 343 g/mol. The highest BCUT2D eigenvalue weighted by atomic mass is 32.2. The first kappa shape index (κ1) is 16.5. The van der Waals surface area contributed by atoms with E-state index >= 15 is 0 Å². The molecule has 2 aliphatic heterocycles. The molecule has 2 heterocycles. The van der Waals surface area contributed by atoms with E-state index in [0.29, 0.717) is 25.0 Å². The first-order valence-corrected chi connectivity index (χ1v) is 9.15. The summed E-state index contributed by atoms with van der Waals surface area (Å²) in [5.74, 6) is -1.24. The van der Waals surface area contributed by atoms with Crippen molar-refractivity contribution in [3.8, 4) is 0 Å². The van der Waals surface area contributed by atoms with Gasteiger partial charge in [0, 0.05) is 25.3 Å². The number of nitrogens with zero attached hydrogens (tertiary/aromatic N) is 1. The van der Waals surface area contributed by atoms with E-state index in [1.807, 2.05) is 0 Å². The Morgan fingerprint density at radius 2 is 1.96 bits per heavy atom. The third-order valence-corrected chi connectivity index (χ3v) is 6.94. The molecule has 0 spiro atoms. The summed E-state index contributed by atoms with van der Waals surface area (Å²) in [4.78, 5) is 0. The summed E-state index contributed by atoms with van der Waals surface area (Å²) in [6.07, 6.45) is 2.05. The molecule has 0 N–H and O–H groups in total. The molecule has 0 amide bonds. The van der Waals surface area contributed by atoms with Gasteiger partial charge in [0.15, 0.2) is 0 Å². The predicted molar refractivity (Wildman–Crippen MR) is 83.3 cm³/mol. The van der Waals surface area contributed by atoms with Gasteiger partial charge in [-0.1, -0.05) is 12.1 Å². The van der Waals surface area contributed by atoms with E-state index in [4.69, 9.17) is 4.74 Å². The molecule has 3 rings (SSSR count). The van der Waals surface area contributed by atoms with Gasteiger partial charge in [-0.05, 0) is 37.5 Å². The topological polar surface area (TPSA) is 46.6 Å². The first-order valence-electron chi connectivity index (χ1n) is 7.65. The van der Waals surface area contributed by atoms with E-state index in [0.717, 1.165) is 0 Å². The van der Waals surface area contributed by atoms with Gasteiger partial charge in [0.05, 0.1) is 6.10 Å². The van der Waals surface area contributed by atoms with Crippen LogP contribution in [0.25, 0.3) is 5.57 Å². The standard InChI is InChI=1S/C16H19F2NO3S/c1-11-15(7-10-22-11)23(20,21)19-8-5-12(6-9-19)16-13(17)3-2-4-14(16)18/h2-5,11,15H,6-10H2,1H3/t11-,15-/m0/s1.